The molecule has 0 saturated carbocycles. The van der Waals surface area contributed by atoms with Crippen LogP contribution in [0.3, 0.4) is 0 Å². The van der Waals surface area contributed by atoms with Crippen LogP contribution in [0.25, 0.3) is 11.2 Å². The summed E-state index contributed by atoms with van der Waals surface area (Å²) in [6.07, 6.45) is 2.21. The number of nitrogen functional groups attached to an aromatic ring is 1. The van der Waals surface area contributed by atoms with E-state index in [0.717, 1.165) is 0 Å². The summed E-state index contributed by atoms with van der Waals surface area (Å²) in [5.41, 5.74) is 6.56. The van der Waals surface area contributed by atoms with Crippen LogP contribution in [0.15, 0.2) is 12.5 Å². The molecule has 0 aromatic carbocycles. The number of nitrogens with zero attached hydrogens (tertiary/aromatic N) is 4. The fourth-order valence-corrected chi connectivity index (χ4v) is 1.33. The average Bonchev–Trinajstić information content (AvgIpc) is 2.69. The van der Waals surface area contributed by atoms with Crippen LogP contribution in [-0.4, -0.2) is 42.6 Å². The molecule has 0 aliphatic rings. The molecule has 1 atom stereocenters. The molecule has 2 aromatic rings. The van der Waals surface area contributed by atoms with Gasteiger partial charge in [-0.25, -0.2) is 9.97 Å². The quantitative estimate of drug-likeness (QED) is 0.577. The number of nitrogens with two attached hydrogens (primary N) is 1. The van der Waals surface area contributed by atoms with Gasteiger partial charge in [0, 0.05) is 13.0 Å². The van der Waals surface area contributed by atoms with Gasteiger partial charge in [-0.1, -0.05) is 0 Å². The second kappa shape index (κ2) is 5.04. The smallest absolute Gasteiger partial charge is 0.222 e. The summed E-state index contributed by atoms with van der Waals surface area (Å²) in [7, 11) is 0. The molecule has 0 fully saturated rings. The lowest BCUT2D eigenvalue weighted by molar-refractivity contribution is -0.132. The van der Waals surface area contributed by atoms with Gasteiger partial charge in [0.15, 0.2) is 11.9 Å². The van der Waals surface area contributed by atoms with Gasteiger partial charge >= 0.3 is 0 Å². The molecule has 0 aliphatic heterocycles. The van der Waals surface area contributed by atoms with Crippen molar-refractivity contribution in [2.24, 2.45) is 0 Å². The Hall–Kier alpha value is -1.77. The molecule has 0 bridgehead atoms. The van der Waals surface area contributed by atoms with E-state index in [9.17, 15) is 5.11 Å². The monoisotopic (exact) mass is 239 g/mol. The summed E-state index contributed by atoms with van der Waals surface area (Å²) in [4.78, 5) is 11.8. The number of ether oxygens (including phenoxy) is 1. The molecule has 2 aromatic heterocycles. The van der Waals surface area contributed by atoms with Crippen molar-refractivity contribution in [1.29, 1.82) is 0 Å². The van der Waals surface area contributed by atoms with Crippen molar-refractivity contribution in [3.8, 4) is 0 Å². The zero-order chi connectivity index (χ0) is 12.3. The van der Waals surface area contributed by atoms with Gasteiger partial charge in [0.05, 0.1) is 12.5 Å². The van der Waals surface area contributed by atoms with Crippen molar-refractivity contribution < 1.29 is 14.9 Å². The van der Waals surface area contributed by atoms with Gasteiger partial charge in [-0.2, -0.15) is 4.98 Å². The van der Waals surface area contributed by atoms with E-state index in [1.54, 1.807) is 4.57 Å². The van der Waals surface area contributed by atoms with E-state index >= 15 is 0 Å². The Labute approximate surface area is 96.7 Å². The van der Waals surface area contributed by atoms with Crippen LogP contribution in [0.1, 0.15) is 6.42 Å². The number of hydrogen-bond donors (Lipinski definition) is 3. The lowest BCUT2D eigenvalue weighted by atomic mass is 10.4. The van der Waals surface area contributed by atoms with E-state index in [2.05, 4.69) is 15.0 Å². The highest BCUT2D eigenvalue weighted by atomic mass is 16.6. The maximum Gasteiger partial charge on any atom is 0.222 e. The first-order chi connectivity index (χ1) is 8.20. The molecule has 17 heavy (non-hydrogen) atoms. The largest absolute Gasteiger partial charge is 0.396 e. The molecule has 2 heterocycles. The number of aliphatic hydroxyl groups excluding tert-OH is 2. The molecule has 0 radical (unpaired) electrons. The molecular weight excluding hydrogens is 226 g/mol. The van der Waals surface area contributed by atoms with Gasteiger partial charge in [-0.3, -0.25) is 0 Å². The van der Waals surface area contributed by atoms with Crippen LogP contribution < -0.4 is 5.73 Å². The minimum Gasteiger partial charge on any atom is -0.396 e. The normalized spacial score (nSPS) is 13.1. The molecule has 0 aliphatic carbocycles. The van der Waals surface area contributed by atoms with E-state index in [1.165, 1.54) is 12.5 Å². The molecule has 8 nitrogen and oxygen atoms in total. The van der Waals surface area contributed by atoms with E-state index in [1.807, 2.05) is 0 Å². The van der Waals surface area contributed by atoms with Crippen molar-refractivity contribution in [2.75, 3.05) is 12.3 Å². The van der Waals surface area contributed by atoms with Gasteiger partial charge in [-0.15, -0.1) is 0 Å². The van der Waals surface area contributed by atoms with E-state index in [-0.39, 0.29) is 25.7 Å². The first kappa shape index (κ1) is 11.7. The Balaban J connectivity index is 2.09. The summed E-state index contributed by atoms with van der Waals surface area (Å²) in [5, 5.41) is 17.9. The second-order valence-electron chi connectivity index (χ2n) is 3.41. The van der Waals surface area contributed by atoms with Crippen LogP contribution in [0.4, 0.5) is 5.95 Å². The molecule has 8 heteroatoms. The topological polar surface area (TPSA) is 119 Å². The van der Waals surface area contributed by atoms with Crippen molar-refractivity contribution in [2.45, 2.75) is 19.4 Å². The summed E-state index contributed by atoms with van der Waals surface area (Å²) < 4.78 is 6.73. The Bertz CT molecular complexity index is 500. The zero-order valence-electron chi connectivity index (χ0n) is 9.02. The summed E-state index contributed by atoms with van der Waals surface area (Å²) >= 11 is 0. The molecular formula is C9H13N5O3. The SMILES string of the molecule is Nc1ncc2c(ncn2COC(O)CCO)n1. The molecule has 2 rings (SSSR count). The number of anilines is 1. The van der Waals surface area contributed by atoms with Gasteiger partial charge in [0.25, 0.3) is 0 Å². The fourth-order valence-electron chi connectivity index (χ4n) is 1.33. The van der Waals surface area contributed by atoms with E-state index in [4.69, 9.17) is 15.6 Å². The van der Waals surface area contributed by atoms with Gasteiger partial charge in [-0.05, 0) is 0 Å². The number of aromatic nitrogens is 4. The molecule has 0 spiro atoms. The minimum atomic E-state index is -1.01. The third kappa shape index (κ3) is 2.67. The van der Waals surface area contributed by atoms with Gasteiger partial charge in [0.2, 0.25) is 5.95 Å². The lowest BCUT2D eigenvalue weighted by Gasteiger charge is -2.11. The average molecular weight is 239 g/mol. The third-order valence-corrected chi connectivity index (χ3v) is 2.18. The predicted molar refractivity (Wildman–Crippen MR) is 58.5 cm³/mol. The van der Waals surface area contributed by atoms with Crippen molar-refractivity contribution in [1.82, 2.24) is 19.5 Å². The first-order valence-electron chi connectivity index (χ1n) is 5.04. The predicted octanol–water partition coefficient (Wildman–Crippen LogP) is -0.917. The number of aliphatic hydroxyl groups is 2. The zero-order valence-corrected chi connectivity index (χ0v) is 9.02. The Morgan fingerprint density at radius 1 is 1.47 bits per heavy atom. The Morgan fingerprint density at radius 3 is 3.06 bits per heavy atom. The maximum atomic E-state index is 9.30. The highest BCUT2D eigenvalue weighted by Gasteiger charge is 2.07. The van der Waals surface area contributed by atoms with Crippen molar-refractivity contribution in [3.05, 3.63) is 12.5 Å². The standard InChI is InChI=1S/C9H13N5O3/c10-9-11-3-6-8(13-9)12-4-14(6)5-17-7(16)1-2-15/h3-4,7,15-16H,1-2,5H2,(H2,10,11,13). The van der Waals surface area contributed by atoms with E-state index in [0.29, 0.717) is 11.2 Å². The van der Waals surface area contributed by atoms with Crippen LogP contribution >= 0.6 is 0 Å². The van der Waals surface area contributed by atoms with Gasteiger partial charge in [0.1, 0.15) is 12.2 Å². The third-order valence-electron chi connectivity index (χ3n) is 2.18. The number of rotatable bonds is 5. The highest BCUT2D eigenvalue weighted by Crippen LogP contribution is 2.10. The second-order valence-corrected chi connectivity index (χ2v) is 3.41. The number of hydrogen-bond acceptors (Lipinski definition) is 7. The summed E-state index contributed by atoms with van der Waals surface area (Å²) in [6, 6.07) is 0. The van der Waals surface area contributed by atoms with Crippen molar-refractivity contribution >= 4 is 17.1 Å². The van der Waals surface area contributed by atoms with Crippen LogP contribution in [0, 0.1) is 0 Å². The van der Waals surface area contributed by atoms with Crippen LogP contribution in [0.2, 0.25) is 0 Å². The number of imidazole rings is 1. The molecule has 0 saturated heterocycles. The Kier molecular flexibility index (Phi) is 3.47. The minimum absolute atomic E-state index is 0.102. The maximum absolute atomic E-state index is 9.30. The van der Waals surface area contributed by atoms with Crippen LogP contribution in [0.5, 0.6) is 0 Å². The summed E-state index contributed by atoms with van der Waals surface area (Å²) in [6.45, 7) is -0.0313. The molecule has 92 valence electrons. The van der Waals surface area contributed by atoms with E-state index < -0.39 is 6.29 Å². The van der Waals surface area contributed by atoms with Crippen molar-refractivity contribution in [3.63, 3.8) is 0 Å². The Morgan fingerprint density at radius 2 is 2.29 bits per heavy atom. The van der Waals surface area contributed by atoms with Gasteiger partial charge < -0.3 is 25.3 Å². The molecule has 1 unspecified atom stereocenters. The summed E-state index contributed by atoms with van der Waals surface area (Å²) in [5.74, 6) is 0.156. The fraction of sp³-hybridized carbons (Fsp3) is 0.444. The molecule has 0 amide bonds. The number of fused-ring (bicyclic) bond motifs is 1. The first-order valence-corrected chi connectivity index (χ1v) is 5.04. The molecule has 4 N–H and O–H groups in total. The lowest BCUT2D eigenvalue weighted by Crippen LogP contribution is -2.15. The highest BCUT2D eigenvalue weighted by molar-refractivity contribution is 5.70. The van der Waals surface area contributed by atoms with Crippen LogP contribution in [-0.2, 0) is 11.5 Å².